The lowest BCUT2D eigenvalue weighted by molar-refractivity contribution is 1.65. The summed E-state index contributed by atoms with van der Waals surface area (Å²) < 4.78 is 7.10. The summed E-state index contributed by atoms with van der Waals surface area (Å²) in [7, 11) is 0. The first kappa shape index (κ1) is 3.74. The molecule has 1 rings (SSSR count). The molecule has 0 nitrogen and oxygen atoms in total. The lowest BCUT2D eigenvalue weighted by Gasteiger charge is -1.82. The highest BCUT2D eigenvalue weighted by Gasteiger charge is 1.76. The van der Waals surface area contributed by atoms with Crippen LogP contribution in [-0.2, 0) is 0 Å². The Hall–Kier alpha value is -1.22. The van der Waals surface area contributed by atoms with Gasteiger partial charge >= 0.3 is 0 Å². The summed E-state index contributed by atoms with van der Waals surface area (Å²) in [6, 6.07) is 7.35. The number of benzene rings is 1. The van der Waals surface area contributed by atoms with Gasteiger partial charge in [-0.05, 0) is 12.1 Å². The molecular weight excluding hydrogens is 96.1 g/mol. The predicted molar refractivity (Wildman–Crippen MR) is 34.4 cm³/mol. The summed E-state index contributed by atoms with van der Waals surface area (Å²) >= 11 is 0. The number of hydrogen-bond donors (Lipinski definition) is 0. The normalized spacial score (nSPS) is 9.62. The molecule has 8 heavy (non-hydrogen) atoms. The quantitative estimate of drug-likeness (QED) is 0.439. The van der Waals surface area contributed by atoms with Crippen molar-refractivity contribution in [3.05, 3.63) is 35.9 Å². The monoisotopic (exact) mass is 104 g/mol. The molecule has 0 spiro atoms. The Morgan fingerprint density at radius 3 is 2.62 bits per heavy atom. The maximum Gasteiger partial charge on any atom is 0.0623 e. The molecule has 0 atom stereocenters. The molecule has 0 aliphatic carbocycles. The van der Waals surface area contributed by atoms with Gasteiger partial charge in [-0.3, -0.25) is 0 Å². The van der Waals surface area contributed by atoms with Gasteiger partial charge in [-0.15, -0.1) is 6.42 Å². The molecule has 1 aromatic carbocycles. The van der Waals surface area contributed by atoms with E-state index in [1.165, 1.54) is 0 Å². The third kappa shape index (κ3) is 0.886. The first-order chi connectivity index (χ1) is 4.33. The van der Waals surface area contributed by atoms with Crippen molar-refractivity contribution in [2.24, 2.45) is 0 Å². The van der Waals surface area contributed by atoms with Crippen molar-refractivity contribution in [3.63, 3.8) is 0 Å². The van der Waals surface area contributed by atoms with Crippen molar-refractivity contribution in [1.82, 2.24) is 0 Å². The summed E-state index contributed by atoms with van der Waals surface area (Å²) in [4.78, 5) is 0. The van der Waals surface area contributed by atoms with E-state index in [-0.39, 0.29) is 0 Å². The summed E-state index contributed by atoms with van der Waals surface area (Å²) in [5.74, 6) is 2.47. The minimum atomic E-state index is 0.494. The summed E-state index contributed by atoms with van der Waals surface area (Å²) in [5.41, 5.74) is 0.825. The molecule has 0 amide bonds. The number of terminal acetylenes is 1. The van der Waals surface area contributed by atoms with Crippen molar-refractivity contribution in [2.75, 3.05) is 0 Å². The van der Waals surface area contributed by atoms with E-state index in [0.29, 0.717) is 6.04 Å². The van der Waals surface area contributed by atoms with Gasteiger partial charge in [-0.2, -0.15) is 0 Å². The van der Waals surface area contributed by atoms with E-state index in [4.69, 9.17) is 7.79 Å². The summed E-state index contributed by atoms with van der Waals surface area (Å²) in [6.07, 6.45) is 5.09. The van der Waals surface area contributed by atoms with Gasteiger partial charge in [0, 0.05) is 5.56 Å². The van der Waals surface area contributed by atoms with Crippen LogP contribution in [0.3, 0.4) is 0 Å². The second-order valence-corrected chi connectivity index (χ2v) is 1.43. The van der Waals surface area contributed by atoms with E-state index in [0.717, 1.165) is 5.56 Å². The van der Waals surface area contributed by atoms with Gasteiger partial charge < -0.3 is 0 Å². The second-order valence-electron chi connectivity index (χ2n) is 1.43. The molecule has 0 aliphatic heterocycles. The van der Waals surface area contributed by atoms with Crippen LogP contribution in [0.2, 0.25) is 0 Å². The van der Waals surface area contributed by atoms with Crippen LogP contribution >= 0.6 is 0 Å². The summed E-state index contributed by atoms with van der Waals surface area (Å²) in [5, 5.41) is 0. The molecule has 0 heterocycles. The van der Waals surface area contributed by atoms with Gasteiger partial charge in [0.25, 0.3) is 0 Å². The van der Waals surface area contributed by atoms with E-state index in [9.17, 15) is 0 Å². The average Bonchev–Trinajstić information content (AvgIpc) is 1.90. The van der Waals surface area contributed by atoms with E-state index in [2.05, 4.69) is 5.92 Å². The van der Waals surface area contributed by atoms with Crippen LogP contribution in [0.25, 0.3) is 0 Å². The van der Waals surface area contributed by atoms with Gasteiger partial charge in [-0.25, -0.2) is 0 Å². The maximum absolute atomic E-state index is 7.10. The van der Waals surface area contributed by atoms with Crippen molar-refractivity contribution < 1.29 is 1.37 Å². The fraction of sp³-hybridized carbons (Fsp3) is 0. The van der Waals surface area contributed by atoms with Crippen molar-refractivity contribution in [3.8, 4) is 12.3 Å². The fourth-order valence-electron chi connectivity index (χ4n) is 0.483. The Labute approximate surface area is 50.6 Å². The molecule has 0 N–H and O–H groups in total. The van der Waals surface area contributed by atoms with Crippen LogP contribution in [0.1, 0.15) is 6.93 Å². The molecule has 0 aliphatic rings. The van der Waals surface area contributed by atoms with E-state index in [1.54, 1.807) is 24.3 Å². The standard InChI is InChI=1S/C8H6/c1-2-8-6-4-3-5-7-8/h1,3-7H/i3T. The molecule has 38 valence electrons. The largest absolute Gasteiger partial charge is 0.115 e. The average molecular weight is 104 g/mol. The minimum Gasteiger partial charge on any atom is -0.115 e. The Kier molecular flexibility index (Phi) is 1.02. The molecule has 0 radical (unpaired) electrons. The lowest BCUT2D eigenvalue weighted by Crippen LogP contribution is -1.66. The van der Waals surface area contributed by atoms with Gasteiger partial charge in [0.05, 0.1) is 1.37 Å². The minimum absolute atomic E-state index is 0.494. The van der Waals surface area contributed by atoms with Crippen LogP contribution in [0.5, 0.6) is 0 Å². The highest BCUT2D eigenvalue weighted by molar-refractivity contribution is 5.30. The zero-order valence-corrected chi connectivity index (χ0v) is 4.39. The van der Waals surface area contributed by atoms with Crippen molar-refractivity contribution >= 4 is 0 Å². The van der Waals surface area contributed by atoms with Crippen molar-refractivity contribution in [1.29, 1.82) is 0 Å². The van der Waals surface area contributed by atoms with Crippen LogP contribution < -0.4 is 0 Å². The van der Waals surface area contributed by atoms with Crippen LogP contribution in [0.4, 0.5) is 0 Å². The molecule has 0 aromatic heterocycles. The van der Waals surface area contributed by atoms with Gasteiger partial charge in [-0.1, -0.05) is 24.1 Å². The van der Waals surface area contributed by atoms with Crippen LogP contribution in [0.15, 0.2) is 30.3 Å². The number of hydrogen-bond acceptors (Lipinski definition) is 0. The molecule has 0 saturated carbocycles. The van der Waals surface area contributed by atoms with E-state index < -0.39 is 0 Å². The Morgan fingerprint density at radius 1 is 1.50 bits per heavy atom. The number of rotatable bonds is 0. The third-order valence-electron chi connectivity index (χ3n) is 0.885. The second kappa shape index (κ2) is 2.18. The third-order valence-corrected chi connectivity index (χ3v) is 0.885. The molecule has 0 unspecified atom stereocenters. The first-order valence-corrected chi connectivity index (χ1v) is 2.36. The molecule has 0 heteroatoms. The van der Waals surface area contributed by atoms with E-state index >= 15 is 0 Å². The Morgan fingerprint density at radius 2 is 2.12 bits per heavy atom. The van der Waals surface area contributed by atoms with Gasteiger partial charge in [0.15, 0.2) is 0 Å². The SMILES string of the molecule is [3H]c1ccc(C#C)cc1. The Balaban J connectivity index is 3.06. The molecule has 1 aromatic rings. The highest BCUT2D eigenvalue weighted by atomic mass is 13.8. The zero-order valence-electron chi connectivity index (χ0n) is 5.39. The van der Waals surface area contributed by atoms with Crippen LogP contribution in [0, 0.1) is 12.3 Å². The van der Waals surface area contributed by atoms with Gasteiger partial charge in [0.1, 0.15) is 0 Å². The fourth-order valence-corrected chi connectivity index (χ4v) is 0.483. The molecular formula is C8H6. The molecule has 0 fully saturated rings. The highest BCUT2D eigenvalue weighted by Crippen LogP contribution is 1.92. The zero-order chi connectivity index (χ0) is 6.69. The molecule has 0 saturated heterocycles. The molecule has 0 bridgehead atoms. The smallest absolute Gasteiger partial charge is 0.0623 e. The van der Waals surface area contributed by atoms with E-state index in [1.807, 2.05) is 0 Å². The lowest BCUT2D eigenvalue weighted by atomic mass is 10.2. The predicted octanol–water partition coefficient (Wildman–Crippen LogP) is 1.67. The van der Waals surface area contributed by atoms with Crippen molar-refractivity contribution in [2.45, 2.75) is 0 Å². The van der Waals surface area contributed by atoms with Gasteiger partial charge in [0.2, 0.25) is 0 Å². The topological polar surface area (TPSA) is 0 Å². The maximum atomic E-state index is 7.10. The first-order valence-electron chi connectivity index (χ1n) is 2.86. The Bertz CT molecular complexity index is 228. The summed E-state index contributed by atoms with van der Waals surface area (Å²) in [6.45, 7) is 0. The van der Waals surface area contributed by atoms with Crippen LogP contribution in [-0.4, -0.2) is 0 Å².